The molecule has 0 bridgehead atoms. The lowest BCUT2D eigenvalue weighted by Crippen LogP contribution is -2.50. The summed E-state index contributed by atoms with van der Waals surface area (Å²) in [7, 11) is 0. The zero-order valence-electron chi connectivity index (χ0n) is 11.6. The standard InChI is InChI=1S/C13H13FN8/c14-10-4-16-13(17-5-10)15-3-9-6-21(7-9)12-2-1-11-19-18-8-22(11)20-12/h1-2,4-5,8-9H,3,6-7H2,(H,15,16,17). The summed E-state index contributed by atoms with van der Waals surface area (Å²) in [5.41, 5.74) is 0.732. The molecule has 3 aromatic rings. The second-order valence-electron chi connectivity index (χ2n) is 5.20. The van der Waals surface area contributed by atoms with Gasteiger partial charge >= 0.3 is 0 Å². The number of rotatable bonds is 4. The minimum atomic E-state index is -0.434. The number of hydrogen-bond donors (Lipinski definition) is 1. The lowest BCUT2D eigenvalue weighted by molar-refractivity contribution is 0.424. The number of halogens is 1. The molecule has 1 N–H and O–H groups in total. The van der Waals surface area contributed by atoms with E-state index in [2.05, 4.69) is 35.5 Å². The maximum Gasteiger partial charge on any atom is 0.222 e. The highest BCUT2D eigenvalue weighted by atomic mass is 19.1. The zero-order valence-corrected chi connectivity index (χ0v) is 11.6. The van der Waals surface area contributed by atoms with Crippen LogP contribution in [-0.4, -0.2) is 49.4 Å². The van der Waals surface area contributed by atoms with Crippen LogP contribution in [0.4, 0.5) is 16.2 Å². The normalized spacial score (nSPS) is 15.0. The molecule has 0 atom stereocenters. The Balaban J connectivity index is 1.32. The molecule has 0 unspecified atom stereocenters. The predicted molar refractivity (Wildman–Crippen MR) is 77.0 cm³/mol. The highest BCUT2D eigenvalue weighted by Crippen LogP contribution is 2.22. The van der Waals surface area contributed by atoms with Gasteiger partial charge in [0.15, 0.2) is 11.5 Å². The van der Waals surface area contributed by atoms with Crippen molar-refractivity contribution in [3.05, 3.63) is 36.7 Å². The molecular formula is C13H13FN8. The molecule has 4 rings (SSSR count). The van der Waals surface area contributed by atoms with Crippen molar-refractivity contribution in [2.45, 2.75) is 0 Å². The molecule has 8 nitrogen and oxygen atoms in total. The Kier molecular flexibility index (Phi) is 3.02. The first-order valence-corrected chi connectivity index (χ1v) is 6.91. The summed E-state index contributed by atoms with van der Waals surface area (Å²) < 4.78 is 14.4. The Morgan fingerprint density at radius 2 is 2.05 bits per heavy atom. The van der Waals surface area contributed by atoms with Crippen LogP contribution in [-0.2, 0) is 0 Å². The molecule has 3 aromatic heterocycles. The highest BCUT2D eigenvalue weighted by molar-refractivity contribution is 5.47. The largest absolute Gasteiger partial charge is 0.354 e. The van der Waals surface area contributed by atoms with Gasteiger partial charge in [0.1, 0.15) is 12.1 Å². The van der Waals surface area contributed by atoms with Crippen LogP contribution in [0.1, 0.15) is 0 Å². The third-order valence-corrected chi connectivity index (χ3v) is 3.60. The van der Waals surface area contributed by atoms with Gasteiger partial charge in [0.25, 0.3) is 0 Å². The van der Waals surface area contributed by atoms with E-state index in [1.807, 2.05) is 12.1 Å². The van der Waals surface area contributed by atoms with Crippen LogP contribution < -0.4 is 10.2 Å². The van der Waals surface area contributed by atoms with E-state index in [1.165, 1.54) is 0 Å². The lowest BCUT2D eigenvalue weighted by Gasteiger charge is -2.40. The average Bonchev–Trinajstić information content (AvgIpc) is 2.95. The van der Waals surface area contributed by atoms with E-state index in [0.717, 1.165) is 43.5 Å². The van der Waals surface area contributed by atoms with Gasteiger partial charge in [-0.3, -0.25) is 0 Å². The molecular weight excluding hydrogens is 287 g/mol. The Labute approximate surface area is 125 Å². The maximum absolute atomic E-state index is 12.7. The number of anilines is 2. The number of hydrogen-bond acceptors (Lipinski definition) is 7. The fourth-order valence-electron chi connectivity index (χ4n) is 2.41. The maximum atomic E-state index is 12.7. The van der Waals surface area contributed by atoms with E-state index in [9.17, 15) is 4.39 Å². The van der Waals surface area contributed by atoms with E-state index < -0.39 is 5.82 Å². The second kappa shape index (κ2) is 5.17. The van der Waals surface area contributed by atoms with Gasteiger partial charge in [-0.1, -0.05) is 0 Å². The summed E-state index contributed by atoms with van der Waals surface area (Å²) in [5.74, 6) is 1.40. The molecule has 4 heterocycles. The molecule has 0 saturated carbocycles. The number of nitrogens with zero attached hydrogens (tertiary/aromatic N) is 7. The molecule has 0 aliphatic carbocycles. The smallest absolute Gasteiger partial charge is 0.222 e. The third-order valence-electron chi connectivity index (χ3n) is 3.60. The molecule has 1 aliphatic heterocycles. The molecule has 112 valence electrons. The van der Waals surface area contributed by atoms with Gasteiger partial charge in [0.05, 0.1) is 12.4 Å². The quantitative estimate of drug-likeness (QED) is 0.755. The summed E-state index contributed by atoms with van der Waals surface area (Å²) in [6, 6.07) is 3.84. The minimum absolute atomic E-state index is 0.434. The van der Waals surface area contributed by atoms with Gasteiger partial charge in [0, 0.05) is 25.6 Å². The Morgan fingerprint density at radius 1 is 1.23 bits per heavy atom. The lowest BCUT2D eigenvalue weighted by atomic mass is 10.0. The first-order chi connectivity index (χ1) is 10.8. The topological polar surface area (TPSA) is 84.1 Å². The van der Waals surface area contributed by atoms with Gasteiger partial charge in [-0.25, -0.2) is 14.4 Å². The van der Waals surface area contributed by atoms with Crippen molar-refractivity contribution >= 4 is 17.4 Å². The van der Waals surface area contributed by atoms with Crippen LogP contribution >= 0.6 is 0 Å². The molecule has 0 amide bonds. The molecule has 0 spiro atoms. The molecule has 0 aromatic carbocycles. The summed E-state index contributed by atoms with van der Waals surface area (Å²) in [5, 5.41) is 15.3. The van der Waals surface area contributed by atoms with E-state index in [4.69, 9.17) is 0 Å². The fraction of sp³-hybridized carbons (Fsp3) is 0.308. The molecule has 1 saturated heterocycles. The van der Waals surface area contributed by atoms with E-state index >= 15 is 0 Å². The van der Waals surface area contributed by atoms with Crippen LogP contribution in [0.25, 0.3) is 5.65 Å². The molecule has 1 aliphatic rings. The highest BCUT2D eigenvalue weighted by Gasteiger charge is 2.28. The van der Waals surface area contributed by atoms with Crippen molar-refractivity contribution in [1.82, 2.24) is 29.8 Å². The SMILES string of the molecule is Fc1cnc(NCC2CN(c3ccc4nncn4n3)C2)nc1. The molecule has 1 fully saturated rings. The van der Waals surface area contributed by atoms with Crippen molar-refractivity contribution in [2.24, 2.45) is 5.92 Å². The monoisotopic (exact) mass is 300 g/mol. The van der Waals surface area contributed by atoms with Gasteiger partial charge in [-0.05, 0) is 12.1 Å². The summed E-state index contributed by atoms with van der Waals surface area (Å²) in [6.45, 7) is 2.54. The summed E-state index contributed by atoms with van der Waals surface area (Å²) >= 11 is 0. The molecule has 0 radical (unpaired) electrons. The first-order valence-electron chi connectivity index (χ1n) is 6.91. The zero-order chi connectivity index (χ0) is 14.9. The van der Waals surface area contributed by atoms with E-state index in [1.54, 1.807) is 10.8 Å². The van der Waals surface area contributed by atoms with Crippen LogP contribution in [0.3, 0.4) is 0 Å². The van der Waals surface area contributed by atoms with Gasteiger partial charge in [0.2, 0.25) is 5.95 Å². The van der Waals surface area contributed by atoms with E-state index in [-0.39, 0.29) is 0 Å². The molecule has 9 heteroatoms. The van der Waals surface area contributed by atoms with Crippen molar-refractivity contribution in [2.75, 3.05) is 29.9 Å². The average molecular weight is 300 g/mol. The van der Waals surface area contributed by atoms with Gasteiger partial charge in [-0.15, -0.1) is 15.3 Å². The summed E-state index contributed by atoms with van der Waals surface area (Å²) in [4.78, 5) is 9.93. The number of fused-ring (bicyclic) bond motifs is 1. The first kappa shape index (κ1) is 12.9. The van der Waals surface area contributed by atoms with Crippen LogP contribution in [0.5, 0.6) is 0 Å². The summed E-state index contributed by atoms with van der Waals surface area (Å²) in [6.07, 6.45) is 3.89. The fourth-order valence-corrected chi connectivity index (χ4v) is 2.41. The van der Waals surface area contributed by atoms with Crippen molar-refractivity contribution < 1.29 is 4.39 Å². The van der Waals surface area contributed by atoms with E-state index in [0.29, 0.717) is 11.9 Å². The van der Waals surface area contributed by atoms with Crippen LogP contribution in [0, 0.1) is 11.7 Å². The predicted octanol–water partition coefficient (Wildman–Crippen LogP) is 0.602. The van der Waals surface area contributed by atoms with Gasteiger partial charge in [-0.2, -0.15) is 4.52 Å². The number of nitrogens with one attached hydrogen (secondary N) is 1. The second-order valence-corrected chi connectivity index (χ2v) is 5.20. The third kappa shape index (κ3) is 2.41. The number of aromatic nitrogens is 6. The van der Waals surface area contributed by atoms with Crippen molar-refractivity contribution in [1.29, 1.82) is 0 Å². The van der Waals surface area contributed by atoms with Crippen LogP contribution in [0.15, 0.2) is 30.9 Å². The minimum Gasteiger partial charge on any atom is -0.354 e. The van der Waals surface area contributed by atoms with Crippen molar-refractivity contribution in [3.8, 4) is 0 Å². The Bertz CT molecular complexity index is 780. The molecule has 22 heavy (non-hydrogen) atoms. The van der Waals surface area contributed by atoms with Gasteiger partial charge < -0.3 is 10.2 Å². The van der Waals surface area contributed by atoms with Crippen molar-refractivity contribution in [3.63, 3.8) is 0 Å². The Morgan fingerprint density at radius 3 is 2.86 bits per heavy atom. The van der Waals surface area contributed by atoms with Crippen LogP contribution in [0.2, 0.25) is 0 Å². The Hall–Kier alpha value is -2.84.